The summed E-state index contributed by atoms with van der Waals surface area (Å²) in [5, 5.41) is 0. The van der Waals surface area contributed by atoms with Crippen molar-refractivity contribution in [2.45, 2.75) is 13.0 Å². The van der Waals surface area contributed by atoms with Gasteiger partial charge in [-0.15, -0.1) is 0 Å². The van der Waals surface area contributed by atoms with Crippen molar-refractivity contribution in [3.05, 3.63) is 33.8 Å². The first-order valence-corrected chi connectivity index (χ1v) is 4.66. The molecule has 0 aliphatic carbocycles. The van der Waals surface area contributed by atoms with Gasteiger partial charge >= 0.3 is 0 Å². The summed E-state index contributed by atoms with van der Waals surface area (Å²) in [5.74, 6) is 0. The van der Waals surface area contributed by atoms with Crippen LogP contribution in [0.25, 0.3) is 0 Å². The maximum absolute atomic E-state index is 5.81. The topological polar surface area (TPSA) is 52.0 Å². The van der Waals surface area contributed by atoms with E-state index in [0.29, 0.717) is 6.54 Å². The average molecular weight is 229 g/mol. The molecule has 1 atom stereocenters. The van der Waals surface area contributed by atoms with Gasteiger partial charge in [0.15, 0.2) is 0 Å². The van der Waals surface area contributed by atoms with Crippen LogP contribution < -0.4 is 11.5 Å². The smallest absolute Gasteiger partial charge is 0.0430 e. The summed E-state index contributed by atoms with van der Waals surface area (Å²) in [6, 6.07) is 5.95. The van der Waals surface area contributed by atoms with Crippen LogP contribution in [0.3, 0.4) is 0 Å². The van der Waals surface area contributed by atoms with E-state index in [1.54, 1.807) is 0 Å². The first kappa shape index (κ1) is 9.71. The Morgan fingerprint density at radius 3 is 2.75 bits per heavy atom. The molecule has 12 heavy (non-hydrogen) atoms. The van der Waals surface area contributed by atoms with E-state index in [0.717, 1.165) is 10.0 Å². The van der Waals surface area contributed by atoms with Crippen LogP contribution in [0.15, 0.2) is 22.7 Å². The maximum atomic E-state index is 5.81. The number of hydrogen-bond donors (Lipinski definition) is 2. The molecule has 0 amide bonds. The molecule has 3 heteroatoms. The van der Waals surface area contributed by atoms with Gasteiger partial charge in [-0.05, 0) is 18.1 Å². The van der Waals surface area contributed by atoms with Crippen molar-refractivity contribution in [1.29, 1.82) is 0 Å². The molecule has 4 N–H and O–H groups in total. The lowest BCUT2D eigenvalue weighted by Crippen LogP contribution is -2.21. The van der Waals surface area contributed by atoms with Crippen LogP contribution in [0.1, 0.15) is 17.2 Å². The highest BCUT2D eigenvalue weighted by Gasteiger charge is 2.08. The first-order chi connectivity index (χ1) is 5.66. The summed E-state index contributed by atoms with van der Waals surface area (Å²) in [6.07, 6.45) is 0. The van der Waals surface area contributed by atoms with Crippen molar-refractivity contribution in [1.82, 2.24) is 0 Å². The second kappa shape index (κ2) is 4.03. The van der Waals surface area contributed by atoms with Crippen LogP contribution in [0, 0.1) is 6.92 Å². The van der Waals surface area contributed by atoms with Gasteiger partial charge in [0.25, 0.3) is 0 Å². The summed E-state index contributed by atoms with van der Waals surface area (Å²) in [7, 11) is 0. The van der Waals surface area contributed by atoms with Gasteiger partial charge in [0.1, 0.15) is 0 Å². The van der Waals surface area contributed by atoms with Crippen molar-refractivity contribution in [2.24, 2.45) is 11.5 Å². The number of hydrogen-bond acceptors (Lipinski definition) is 2. The number of nitrogens with two attached hydrogens (primary N) is 2. The molecule has 0 aromatic heterocycles. The van der Waals surface area contributed by atoms with E-state index in [4.69, 9.17) is 11.5 Å². The fourth-order valence-corrected chi connectivity index (χ4v) is 1.64. The zero-order valence-corrected chi connectivity index (χ0v) is 8.64. The zero-order chi connectivity index (χ0) is 9.14. The summed E-state index contributed by atoms with van der Waals surface area (Å²) in [5.41, 5.74) is 13.6. The molecule has 0 heterocycles. The lowest BCUT2D eigenvalue weighted by molar-refractivity contribution is 0.732. The average Bonchev–Trinajstić information content (AvgIpc) is 2.08. The molecule has 1 rings (SSSR count). The highest BCUT2D eigenvalue weighted by atomic mass is 79.9. The molecular formula is C9H13BrN2. The van der Waals surface area contributed by atoms with E-state index in [1.165, 1.54) is 5.56 Å². The van der Waals surface area contributed by atoms with Gasteiger partial charge in [-0.1, -0.05) is 34.1 Å². The third-order valence-electron chi connectivity index (χ3n) is 1.88. The normalized spacial score (nSPS) is 13.0. The Hall–Kier alpha value is -0.380. The van der Waals surface area contributed by atoms with Crippen LogP contribution in [0.4, 0.5) is 0 Å². The molecular weight excluding hydrogens is 216 g/mol. The van der Waals surface area contributed by atoms with Crippen molar-refractivity contribution in [2.75, 3.05) is 6.54 Å². The third kappa shape index (κ3) is 1.86. The number of aryl methyl sites for hydroxylation is 1. The highest BCUT2D eigenvalue weighted by molar-refractivity contribution is 9.10. The van der Waals surface area contributed by atoms with Gasteiger partial charge in [-0.2, -0.15) is 0 Å². The minimum absolute atomic E-state index is 0.0701. The van der Waals surface area contributed by atoms with Crippen molar-refractivity contribution in [3.63, 3.8) is 0 Å². The van der Waals surface area contributed by atoms with E-state index in [9.17, 15) is 0 Å². The van der Waals surface area contributed by atoms with Crippen LogP contribution in [0.2, 0.25) is 0 Å². The lowest BCUT2D eigenvalue weighted by Gasteiger charge is -2.12. The van der Waals surface area contributed by atoms with Crippen molar-refractivity contribution in [3.8, 4) is 0 Å². The van der Waals surface area contributed by atoms with E-state index in [2.05, 4.69) is 15.9 Å². The Kier molecular flexibility index (Phi) is 3.26. The largest absolute Gasteiger partial charge is 0.329 e. The van der Waals surface area contributed by atoms with Gasteiger partial charge in [-0.25, -0.2) is 0 Å². The molecule has 66 valence electrons. The molecule has 2 nitrogen and oxygen atoms in total. The van der Waals surface area contributed by atoms with Gasteiger partial charge < -0.3 is 11.5 Å². The second-order valence-corrected chi connectivity index (χ2v) is 3.61. The fraction of sp³-hybridized carbons (Fsp3) is 0.333. The van der Waals surface area contributed by atoms with Gasteiger partial charge in [0.05, 0.1) is 0 Å². The van der Waals surface area contributed by atoms with Crippen LogP contribution in [-0.2, 0) is 0 Å². The molecule has 1 aromatic rings. The SMILES string of the molecule is Cc1cccc([C@H](N)CN)c1Br. The minimum atomic E-state index is -0.0701. The third-order valence-corrected chi connectivity index (χ3v) is 2.96. The fourth-order valence-electron chi connectivity index (χ4n) is 1.08. The van der Waals surface area contributed by atoms with E-state index < -0.39 is 0 Å². The van der Waals surface area contributed by atoms with E-state index in [1.807, 2.05) is 25.1 Å². The van der Waals surface area contributed by atoms with E-state index >= 15 is 0 Å². The van der Waals surface area contributed by atoms with Crippen molar-refractivity contribution >= 4 is 15.9 Å². The molecule has 0 saturated heterocycles. The molecule has 0 saturated carbocycles. The number of halogens is 1. The Labute approximate surface area is 81.1 Å². The van der Waals surface area contributed by atoms with Gasteiger partial charge in [0.2, 0.25) is 0 Å². The standard InChI is InChI=1S/C9H13BrN2/c1-6-3-2-4-7(9(6)10)8(12)5-11/h2-4,8H,5,11-12H2,1H3/t8-/m1/s1. The molecule has 0 aliphatic rings. The zero-order valence-electron chi connectivity index (χ0n) is 7.05. The molecule has 0 spiro atoms. The molecule has 1 aromatic carbocycles. The lowest BCUT2D eigenvalue weighted by atomic mass is 10.1. The Morgan fingerprint density at radius 1 is 1.50 bits per heavy atom. The summed E-state index contributed by atoms with van der Waals surface area (Å²) >= 11 is 3.49. The Morgan fingerprint density at radius 2 is 2.17 bits per heavy atom. The highest BCUT2D eigenvalue weighted by Crippen LogP contribution is 2.24. The number of benzene rings is 1. The number of rotatable bonds is 2. The van der Waals surface area contributed by atoms with E-state index in [-0.39, 0.29) is 6.04 Å². The van der Waals surface area contributed by atoms with Gasteiger partial charge in [-0.3, -0.25) is 0 Å². The second-order valence-electron chi connectivity index (χ2n) is 2.82. The predicted octanol–water partition coefficient (Wildman–Crippen LogP) is 1.72. The first-order valence-electron chi connectivity index (χ1n) is 3.87. The van der Waals surface area contributed by atoms with Crippen LogP contribution in [-0.4, -0.2) is 6.54 Å². The summed E-state index contributed by atoms with van der Waals surface area (Å²) < 4.78 is 1.07. The predicted molar refractivity (Wildman–Crippen MR) is 54.9 cm³/mol. The molecule has 0 radical (unpaired) electrons. The van der Waals surface area contributed by atoms with Crippen LogP contribution >= 0.6 is 15.9 Å². The Bertz CT molecular complexity index is 273. The summed E-state index contributed by atoms with van der Waals surface area (Å²) in [6.45, 7) is 2.51. The summed E-state index contributed by atoms with van der Waals surface area (Å²) in [4.78, 5) is 0. The monoisotopic (exact) mass is 228 g/mol. The quantitative estimate of drug-likeness (QED) is 0.811. The molecule has 0 bridgehead atoms. The molecule has 0 fully saturated rings. The maximum Gasteiger partial charge on any atom is 0.0430 e. The minimum Gasteiger partial charge on any atom is -0.329 e. The van der Waals surface area contributed by atoms with Crippen molar-refractivity contribution < 1.29 is 0 Å². The Balaban J connectivity index is 3.07. The molecule has 0 unspecified atom stereocenters. The molecule has 0 aliphatic heterocycles. The van der Waals surface area contributed by atoms with Gasteiger partial charge in [0, 0.05) is 17.1 Å². The van der Waals surface area contributed by atoms with Crippen LogP contribution in [0.5, 0.6) is 0 Å².